The van der Waals surface area contributed by atoms with Gasteiger partial charge in [0.2, 0.25) is 11.9 Å². The number of hydrogen-bond donors (Lipinski definition) is 2. The molecule has 1 saturated heterocycles. The van der Waals surface area contributed by atoms with Crippen LogP contribution in [0.1, 0.15) is 17.8 Å². The zero-order valence-corrected chi connectivity index (χ0v) is 10.9. The van der Waals surface area contributed by atoms with E-state index in [1.54, 1.807) is 6.07 Å². The van der Waals surface area contributed by atoms with Crippen molar-refractivity contribution < 1.29 is 4.79 Å². The number of aromatic nitrogens is 2. The summed E-state index contributed by atoms with van der Waals surface area (Å²) >= 11 is 4.92. The molecular formula is C11H15N5OS. The van der Waals surface area contributed by atoms with Gasteiger partial charge in [-0.25, -0.2) is 9.97 Å². The second-order valence-electron chi connectivity index (χ2n) is 4.39. The molecule has 6 nitrogen and oxygen atoms in total. The average Bonchev–Trinajstić information content (AvgIpc) is 2.77. The van der Waals surface area contributed by atoms with Crippen molar-refractivity contribution in [3.05, 3.63) is 17.5 Å². The third-order valence-corrected chi connectivity index (χ3v) is 3.18. The Balaban J connectivity index is 2.24. The number of nitrogens with two attached hydrogens (primary N) is 2. The molecule has 1 aliphatic heterocycles. The fourth-order valence-electron chi connectivity index (χ4n) is 1.99. The van der Waals surface area contributed by atoms with Crippen LogP contribution < -0.4 is 16.4 Å². The Labute approximate surface area is 110 Å². The van der Waals surface area contributed by atoms with Crippen molar-refractivity contribution >= 4 is 29.1 Å². The van der Waals surface area contributed by atoms with Crippen molar-refractivity contribution in [3.8, 4) is 0 Å². The maximum absolute atomic E-state index is 11.1. The van der Waals surface area contributed by atoms with E-state index in [0.717, 1.165) is 12.1 Å². The summed E-state index contributed by atoms with van der Waals surface area (Å²) in [7, 11) is 0. The fraction of sp³-hybridized carbons (Fsp3) is 0.455. The van der Waals surface area contributed by atoms with E-state index in [1.165, 1.54) is 0 Å². The van der Waals surface area contributed by atoms with Gasteiger partial charge < -0.3 is 16.4 Å². The number of nitrogens with zero attached hydrogens (tertiary/aromatic N) is 3. The number of anilines is 1. The summed E-state index contributed by atoms with van der Waals surface area (Å²) in [5.41, 5.74) is 12.2. The van der Waals surface area contributed by atoms with Crippen LogP contribution in [0.5, 0.6) is 0 Å². The Morgan fingerprint density at radius 1 is 1.50 bits per heavy atom. The van der Waals surface area contributed by atoms with Crippen molar-refractivity contribution in [1.82, 2.24) is 9.97 Å². The number of amides is 1. The van der Waals surface area contributed by atoms with Gasteiger partial charge in [-0.15, -0.1) is 0 Å². The maximum Gasteiger partial charge on any atom is 0.226 e. The molecule has 2 heterocycles. The molecule has 1 aliphatic rings. The molecule has 7 heteroatoms. The molecule has 18 heavy (non-hydrogen) atoms. The molecule has 0 bridgehead atoms. The van der Waals surface area contributed by atoms with Gasteiger partial charge in [0.25, 0.3) is 0 Å². The lowest BCUT2D eigenvalue weighted by atomic mass is 10.1. The smallest absolute Gasteiger partial charge is 0.226 e. The van der Waals surface area contributed by atoms with E-state index in [0.29, 0.717) is 24.7 Å². The minimum absolute atomic E-state index is 0.137. The number of aryl methyl sites for hydroxylation is 1. The second-order valence-corrected chi connectivity index (χ2v) is 4.83. The SMILES string of the molecule is Cc1cc(C(N)=S)nc(N2CCC(C(N)=O)C2)n1. The standard InChI is InChI=1S/C11H15N5OS/c1-6-4-8(10(13)18)15-11(14-6)16-3-2-7(5-16)9(12)17/h4,7H,2-3,5H2,1H3,(H2,12,17)(H2,13,18). The summed E-state index contributed by atoms with van der Waals surface area (Å²) in [5, 5.41) is 0. The highest BCUT2D eigenvalue weighted by atomic mass is 32.1. The van der Waals surface area contributed by atoms with E-state index >= 15 is 0 Å². The zero-order chi connectivity index (χ0) is 13.3. The molecule has 1 aromatic rings. The number of primary amides is 1. The first-order valence-corrected chi connectivity index (χ1v) is 6.08. The molecule has 1 aromatic heterocycles. The topological polar surface area (TPSA) is 98.1 Å². The molecule has 1 unspecified atom stereocenters. The Kier molecular flexibility index (Phi) is 3.42. The number of rotatable bonds is 3. The molecule has 0 spiro atoms. The van der Waals surface area contributed by atoms with Gasteiger partial charge in [-0.05, 0) is 19.4 Å². The first-order valence-electron chi connectivity index (χ1n) is 5.67. The van der Waals surface area contributed by atoms with Crippen LogP contribution in [0.4, 0.5) is 5.95 Å². The van der Waals surface area contributed by atoms with Gasteiger partial charge in [0.1, 0.15) is 10.7 Å². The molecule has 1 amide bonds. The number of thiocarbonyl (C=S) groups is 1. The monoisotopic (exact) mass is 265 g/mol. The van der Waals surface area contributed by atoms with Gasteiger partial charge >= 0.3 is 0 Å². The van der Waals surface area contributed by atoms with Crippen molar-refractivity contribution in [2.24, 2.45) is 17.4 Å². The molecule has 1 fully saturated rings. The first kappa shape index (κ1) is 12.7. The molecule has 96 valence electrons. The van der Waals surface area contributed by atoms with Crippen LogP contribution in [0.3, 0.4) is 0 Å². The zero-order valence-electron chi connectivity index (χ0n) is 10.1. The summed E-state index contributed by atoms with van der Waals surface area (Å²) in [6.07, 6.45) is 0.731. The average molecular weight is 265 g/mol. The third kappa shape index (κ3) is 2.56. The fourth-order valence-corrected chi connectivity index (χ4v) is 2.10. The molecule has 2 rings (SSSR count). The lowest BCUT2D eigenvalue weighted by molar-refractivity contribution is -0.121. The molecule has 0 radical (unpaired) electrons. The van der Waals surface area contributed by atoms with E-state index in [9.17, 15) is 4.79 Å². The Hall–Kier alpha value is -1.76. The molecular weight excluding hydrogens is 250 g/mol. The van der Waals surface area contributed by atoms with Gasteiger partial charge in [-0.1, -0.05) is 12.2 Å². The minimum atomic E-state index is -0.278. The molecule has 0 aliphatic carbocycles. The highest BCUT2D eigenvalue weighted by molar-refractivity contribution is 7.80. The van der Waals surface area contributed by atoms with Gasteiger partial charge in [0, 0.05) is 18.8 Å². The Morgan fingerprint density at radius 3 is 2.78 bits per heavy atom. The van der Waals surface area contributed by atoms with Gasteiger partial charge in [0.15, 0.2) is 0 Å². The molecule has 0 saturated carbocycles. The minimum Gasteiger partial charge on any atom is -0.388 e. The maximum atomic E-state index is 11.1. The van der Waals surface area contributed by atoms with Crippen LogP contribution in [-0.2, 0) is 4.79 Å². The third-order valence-electron chi connectivity index (χ3n) is 2.97. The van der Waals surface area contributed by atoms with Crippen molar-refractivity contribution in [2.75, 3.05) is 18.0 Å². The van der Waals surface area contributed by atoms with Crippen LogP contribution in [-0.4, -0.2) is 34.0 Å². The largest absolute Gasteiger partial charge is 0.388 e. The summed E-state index contributed by atoms with van der Waals surface area (Å²) in [6.45, 7) is 3.12. The summed E-state index contributed by atoms with van der Waals surface area (Å²) in [6, 6.07) is 1.74. The van der Waals surface area contributed by atoms with E-state index in [4.69, 9.17) is 23.7 Å². The quantitative estimate of drug-likeness (QED) is 0.730. The molecule has 4 N–H and O–H groups in total. The van der Waals surface area contributed by atoms with Gasteiger partial charge in [-0.3, -0.25) is 4.79 Å². The predicted octanol–water partition coefficient (Wildman–Crippen LogP) is -0.269. The predicted molar refractivity (Wildman–Crippen MR) is 72.2 cm³/mol. The van der Waals surface area contributed by atoms with E-state index in [-0.39, 0.29) is 16.8 Å². The van der Waals surface area contributed by atoms with Crippen molar-refractivity contribution in [2.45, 2.75) is 13.3 Å². The Bertz CT molecular complexity index is 504. The normalized spacial score (nSPS) is 18.9. The Morgan fingerprint density at radius 2 is 2.22 bits per heavy atom. The summed E-state index contributed by atoms with van der Waals surface area (Å²) < 4.78 is 0. The second kappa shape index (κ2) is 4.85. The van der Waals surface area contributed by atoms with Crippen LogP contribution in [0.2, 0.25) is 0 Å². The van der Waals surface area contributed by atoms with Gasteiger partial charge in [0.05, 0.1) is 5.92 Å². The molecule has 1 atom stereocenters. The van der Waals surface area contributed by atoms with Crippen LogP contribution in [0, 0.1) is 12.8 Å². The summed E-state index contributed by atoms with van der Waals surface area (Å²) in [4.78, 5) is 22.0. The van der Waals surface area contributed by atoms with E-state index in [1.807, 2.05) is 11.8 Å². The first-order chi connectivity index (χ1) is 8.47. The van der Waals surface area contributed by atoms with E-state index in [2.05, 4.69) is 9.97 Å². The number of carbonyl (C=O) groups is 1. The number of carbonyl (C=O) groups excluding carboxylic acids is 1. The van der Waals surface area contributed by atoms with Crippen LogP contribution >= 0.6 is 12.2 Å². The van der Waals surface area contributed by atoms with E-state index < -0.39 is 0 Å². The lowest BCUT2D eigenvalue weighted by Gasteiger charge is -2.16. The summed E-state index contributed by atoms with van der Waals surface area (Å²) in [5.74, 6) is 0.142. The lowest BCUT2D eigenvalue weighted by Crippen LogP contribution is -2.28. The van der Waals surface area contributed by atoms with Crippen molar-refractivity contribution in [3.63, 3.8) is 0 Å². The molecule has 0 aromatic carbocycles. The van der Waals surface area contributed by atoms with Crippen molar-refractivity contribution in [1.29, 1.82) is 0 Å². The highest BCUT2D eigenvalue weighted by Crippen LogP contribution is 2.21. The van der Waals surface area contributed by atoms with Crippen LogP contribution in [0.15, 0.2) is 6.07 Å². The highest BCUT2D eigenvalue weighted by Gasteiger charge is 2.28. The van der Waals surface area contributed by atoms with Gasteiger partial charge in [-0.2, -0.15) is 0 Å². The van der Waals surface area contributed by atoms with Crippen LogP contribution in [0.25, 0.3) is 0 Å². The number of hydrogen-bond acceptors (Lipinski definition) is 5.